The number of piperidine rings is 2. The van der Waals surface area contributed by atoms with E-state index in [1.54, 1.807) is 11.3 Å². The fourth-order valence-corrected chi connectivity index (χ4v) is 5.65. The Morgan fingerprint density at radius 3 is 2.57 bits per heavy atom. The fourth-order valence-electron chi connectivity index (χ4n) is 4.63. The number of rotatable bonds is 3. The minimum absolute atomic E-state index is 0.775. The third kappa shape index (κ3) is 3.65. The van der Waals surface area contributed by atoms with Crippen molar-refractivity contribution < 1.29 is 0 Å². The molecule has 146 valence electrons. The molecular weight excluding hydrogens is 364 g/mol. The van der Waals surface area contributed by atoms with Crippen LogP contribution in [0, 0.1) is 6.92 Å². The molecular formula is C23H28N4S. The van der Waals surface area contributed by atoms with Crippen molar-refractivity contribution >= 4 is 26.8 Å². The topological polar surface area (TPSA) is 32.3 Å². The first-order chi connectivity index (χ1) is 13.8. The molecule has 2 aliphatic rings. The lowest BCUT2D eigenvalue weighted by atomic mass is 10.0. The van der Waals surface area contributed by atoms with Crippen LogP contribution >= 0.6 is 11.3 Å². The van der Waals surface area contributed by atoms with Gasteiger partial charge in [0.25, 0.3) is 0 Å². The maximum absolute atomic E-state index is 4.85. The number of thiazole rings is 1. The van der Waals surface area contributed by atoms with Crippen LogP contribution in [0.5, 0.6) is 0 Å². The molecule has 2 saturated heterocycles. The number of fused-ring (bicyclic) bond motifs is 1. The molecule has 28 heavy (non-hydrogen) atoms. The van der Waals surface area contributed by atoms with Crippen molar-refractivity contribution in [1.29, 1.82) is 0 Å². The molecule has 0 unspecified atom stereocenters. The van der Waals surface area contributed by atoms with Crippen molar-refractivity contribution in [3.05, 3.63) is 42.1 Å². The van der Waals surface area contributed by atoms with Gasteiger partial charge < -0.3 is 9.80 Å². The van der Waals surface area contributed by atoms with E-state index >= 15 is 0 Å². The fraction of sp³-hybridized carbons (Fsp3) is 0.478. The molecule has 0 N–H and O–H groups in total. The van der Waals surface area contributed by atoms with Gasteiger partial charge in [0.2, 0.25) is 0 Å². The second-order valence-corrected chi connectivity index (χ2v) is 9.24. The van der Waals surface area contributed by atoms with E-state index in [0.29, 0.717) is 0 Å². The van der Waals surface area contributed by atoms with Crippen LogP contribution in [0.3, 0.4) is 0 Å². The number of nitrogens with zero attached hydrogens (tertiary/aromatic N) is 4. The first-order valence-electron chi connectivity index (χ1n) is 10.6. The number of hydrogen-bond donors (Lipinski definition) is 0. The molecule has 0 saturated carbocycles. The predicted molar refractivity (Wildman–Crippen MR) is 118 cm³/mol. The average Bonchev–Trinajstić information content (AvgIpc) is 3.18. The van der Waals surface area contributed by atoms with Crippen LogP contribution in [-0.4, -0.2) is 47.1 Å². The zero-order valence-electron chi connectivity index (χ0n) is 16.6. The maximum atomic E-state index is 4.85. The van der Waals surface area contributed by atoms with Gasteiger partial charge in [-0.05, 0) is 57.3 Å². The highest BCUT2D eigenvalue weighted by Crippen LogP contribution is 2.33. The Bertz CT molecular complexity index is 952. The largest absolute Gasteiger partial charge is 0.348 e. The Labute approximate surface area is 171 Å². The summed E-state index contributed by atoms with van der Waals surface area (Å²) in [5.74, 6) is 0. The van der Waals surface area contributed by atoms with Gasteiger partial charge in [-0.15, -0.1) is 0 Å². The summed E-state index contributed by atoms with van der Waals surface area (Å²) in [5.41, 5.74) is 4.57. The summed E-state index contributed by atoms with van der Waals surface area (Å²) in [4.78, 5) is 14.7. The number of pyridine rings is 1. The molecule has 5 rings (SSSR count). The average molecular weight is 393 g/mol. The van der Waals surface area contributed by atoms with Crippen LogP contribution in [0.1, 0.15) is 37.7 Å². The molecule has 3 aromatic rings. The third-order valence-corrected chi connectivity index (χ3v) is 7.28. The predicted octanol–water partition coefficient (Wildman–Crippen LogP) is 5.12. The molecule has 0 bridgehead atoms. The third-order valence-electron chi connectivity index (χ3n) is 6.23. The van der Waals surface area contributed by atoms with Crippen molar-refractivity contribution in [3.63, 3.8) is 0 Å². The molecule has 1 aromatic carbocycles. The number of benzene rings is 1. The number of aryl methyl sites for hydroxylation is 1. The molecule has 0 aliphatic carbocycles. The van der Waals surface area contributed by atoms with E-state index in [1.807, 2.05) is 6.20 Å². The molecule has 0 spiro atoms. The van der Waals surface area contributed by atoms with Gasteiger partial charge in [0.1, 0.15) is 0 Å². The molecule has 0 radical (unpaired) electrons. The van der Waals surface area contributed by atoms with Gasteiger partial charge in [0.15, 0.2) is 10.8 Å². The van der Waals surface area contributed by atoms with Gasteiger partial charge in [-0.25, -0.2) is 4.98 Å². The maximum Gasteiger partial charge on any atom is 0.188 e. The molecule has 0 amide bonds. The Balaban J connectivity index is 1.31. The van der Waals surface area contributed by atoms with Crippen molar-refractivity contribution in [2.45, 2.75) is 45.1 Å². The molecule has 4 nitrogen and oxygen atoms in total. The van der Waals surface area contributed by atoms with Crippen LogP contribution in [0.15, 0.2) is 36.5 Å². The lowest BCUT2D eigenvalue weighted by Gasteiger charge is -2.40. The van der Waals surface area contributed by atoms with Crippen molar-refractivity contribution in [3.8, 4) is 11.1 Å². The Kier molecular flexibility index (Phi) is 5.03. The number of aromatic nitrogens is 2. The highest BCUT2D eigenvalue weighted by Gasteiger charge is 2.26. The molecule has 2 fully saturated rings. The lowest BCUT2D eigenvalue weighted by molar-refractivity contribution is 0.141. The second-order valence-electron chi connectivity index (χ2n) is 8.23. The van der Waals surface area contributed by atoms with Gasteiger partial charge in [-0.3, -0.25) is 0 Å². The zero-order valence-corrected chi connectivity index (χ0v) is 17.4. The van der Waals surface area contributed by atoms with Gasteiger partial charge in [0.05, 0.1) is 4.70 Å². The van der Waals surface area contributed by atoms with Crippen molar-refractivity contribution in [2.24, 2.45) is 0 Å². The summed E-state index contributed by atoms with van der Waals surface area (Å²) >= 11 is 1.79. The van der Waals surface area contributed by atoms with Gasteiger partial charge in [-0.1, -0.05) is 47.6 Å². The Morgan fingerprint density at radius 2 is 1.79 bits per heavy atom. The van der Waals surface area contributed by atoms with E-state index in [-0.39, 0.29) is 0 Å². The van der Waals surface area contributed by atoms with Crippen LogP contribution < -0.4 is 4.90 Å². The summed E-state index contributed by atoms with van der Waals surface area (Å²) in [6.45, 7) is 6.97. The van der Waals surface area contributed by atoms with Crippen molar-refractivity contribution in [2.75, 3.05) is 31.1 Å². The monoisotopic (exact) mass is 392 g/mol. The minimum Gasteiger partial charge on any atom is -0.348 e. The molecule has 5 heteroatoms. The van der Waals surface area contributed by atoms with E-state index in [2.05, 4.69) is 52.0 Å². The highest BCUT2D eigenvalue weighted by atomic mass is 32.1. The summed E-state index contributed by atoms with van der Waals surface area (Å²) in [5, 5.41) is 1.14. The van der Waals surface area contributed by atoms with Gasteiger partial charge in [0, 0.05) is 30.9 Å². The lowest BCUT2D eigenvalue weighted by Crippen LogP contribution is -2.46. The van der Waals surface area contributed by atoms with Gasteiger partial charge in [-0.2, -0.15) is 4.98 Å². The van der Waals surface area contributed by atoms with E-state index < -0.39 is 0 Å². The zero-order chi connectivity index (χ0) is 18.9. The van der Waals surface area contributed by atoms with Crippen LogP contribution in [0.2, 0.25) is 0 Å². The smallest absolute Gasteiger partial charge is 0.188 e. The number of hydrogen-bond acceptors (Lipinski definition) is 5. The highest BCUT2D eigenvalue weighted by molar-refractivity contribution is 7.22. The van der Waals surface area contributed by atoms with Crippen LogP contribution in [-0.2, 0) is 0 Å². The minimum atomic E-state index is 0.775. The summed E-state index contributed by atoms with van der Waals surface area (Å²) in [6, 6.07) is 11.6. The molecule has 4 heterocycles. The molecule has 2 aromatic heterocycles. The first-order valence-corrected chi connectivity index (χ1v) is 11.4. The second kappa shape index (κ2) is 7.80. The standard InChI is InChI=1S/C23H28N4S/c1-17-6-5-7-18(14-17)19-15-21-22(24-16-19)25-23(28-21)27-12-8-20(9-13-27)26-10-3-2-4-11-26/h5-7,14-16,20H,2-4,8-13H2,1H3. The normalized spacial score (nSPS) is 19.4. The quantitative estimate of drug-likeness (QED) is 0.619. The molecule has 2 aliphatic heterocycles. The van der Waals surface area contributed by atoms with E-state index in [4.69, 9.17) is 4.98 Å². The van der Waals surface area contributed by atoms with E-state index in [1.165, 1.54) is 66.6 Å². The van der Waals surface area contributed by atoms with Crippen LogP contribution in [0.4, 0.5) is 5.13 Å². The molecule has 0 atom stereocenters. The van der Waals surface area contributed by atoms with Crippen LogP contribution in [0.25, 0.3) is 21.5 Å². The number of anilines is 1. The number of likely N-dealkylation sites (tertiary alicyclic amines) is 1. The van der Waals surface area contributed by atoms with Crippen molar-refractivity contribution in [1.82, 2.24) is 14.9 Å². The first kappa shape index (κ1) is 18.1. The van der Waals surface area contributed by atoms with E-state index in [9.17, 15) is 0 Å². The van der Waals surface area contributed by atoms with Gasteiger partial charge >= 0.3 is 0 Å². The Hall–Kier alpha value is -1.98. The van der Waals surface area contributed by atoms with E-state index in [0.717, 1.165) is 29.9 Å². The summed E-state index contributed by atoms with van der Waals surface area (Å²) < 4.78 is 1.19. The summed E-state index contributed by atoms with van der Waals surface area (Å²) in [7, 11) is 0. The Morgan fingerprint density at radius 1 is 0.964 bits per heavy atom. The summed E-state index contributed by atoms with van der Waals surface area (Å²) in [6.07, 6.45) is 8.66. The SMILES string of the molecule is Cc1cccc(-c2cnc3nc(N4CCC(N5CCCCC5)CC4)sc3c2)c1.